The van der Waals surface area contributed by atoms with Gasteiger partial charge in [0.15, 0.2) is 0 Å². The number of hydrogen-bond acceptors (Lipinski definition) is 7. The van der Waals surface area contributed by atoms with Crippen molar-refractivity contribution in [2.24, 2.45) is 0 Å². The van der Waals surface area contributed by atoms with Crippen molar-refractivity contribution in [3.8, 4) is 11.4 Å². The number of amides is 1. The van der Waals surface area contributed by atoms with Crippen LogP contribution in [0.5, 0.6) is 0 Å². The summed E-state index contributed by atoms with van der Waals surface area (Å²) in [5, 5.41) is 4.50. The minimum atomic E-state index is -0.262. The van der Waals surface area contributed by atoms with Crippen LogP contribution in [0.25, 0.3) is 11.4 Å². The van der Waals surface area contributed by atoms with Crippen molar-refractivity contribution >= 4 is 17.7 Å². The van der Waals surface area contributed by atoms with Crippen LogP contribution in [0, 0.1) is 0 Å². The highest BCUT2D eigenvalue weighted by Crippen LogP contribution is 2.22. The monoisotopic (exact) mass is 355 g/mol. The molecule has 0 saturated heterocycles. The van der Waals surface area contributed by atoms with E-state index in [1.54, 1.807) is 42.7 Å². The van der Waals surface area contributed by atoms with Gasteiger partial charge < -0.3 is 9.42 Å². The Bertz CT molecular complexity index is 825. The first kappa shape index (κ1) is 17.1. The van der Waals surface area contributed by atoms with E-state index in [1.165, 1.54) is 11.8 Å². The minimum absolute atomic E-state index is 0.0284. The summed E-state index contributed by atoms with van der Waals surface area (Å²) >= 11 is 1.42. The number of thioether (sulfide) groups is 1. The van der Waals surface area contributed by atoms with E-state index in [-0.39, 0.29) is 17.7 Å². The summed E-state index contributed by atoms with van der Waals surface area (Å²) in [6.45, 7) is 2.11. The first-order chi connectivity index (χ1) is 12.1. The normalized spacial score (nSPS) is 11.9. The van der Waals surface area contributed by atoms with E-state index in [1.807, 2.05) is 25.1 Å². The lowest BCUT2D eigenvalue weighted by Crippen LogP contribution is -2.32. The lowest BCUT2D eigenvalue weighted by molar-refractivity contribution is -0.129. The van der Waals surface area contributed by atoms with E-state index < -0.39 is 0 Å². The van der Waals surface area contributed by atoms with Gasteiger partial charge in [-0.1, -0.05) is 23.0 Å². The van der Waals surface area contributed by atoms with E-state index in [4.69, 9.17) is 4.52 Å². The fraction of sp³-hybridized carbons (Fsp3) is 0.235. The van der Waals surface area contributed by atoms with Gasteiger partial charge in [0, 0.05) is 31.2 Å². The molecule has 3 aromatic rings. The van der Waals surface area contributed by atoms with Crippen molar-refractivity contribution in [3.05, 3.63) is 54.8 Å². The highest BCUT2D eigenvalue weighted by Gasteiger charge is 2.21. The molecule has 0 N–H and O–H groups in total. The Balaban J connectivity index is 1.61. The molecule has 1 atom stereocenters. The zero-order chi connectivity index (χ0) is 17.6. The molecule has 25 heavy (non-hydrogen) atoms. The van der Waals surface area contributed by atoms with Crippen LogP contribution in [0.15, 0.2) is 58.5 Å². The number of hydrogen-bond donors (Lipinski definition) is 0. The molecular weight excluding hydrogens is 338 g/mol. The van der Waals surface area contributed by atoms with Gasteiger partial charge in [-0.3, -0.25) is 9.78 Å². The van der Waals surface area contributed by atoms with Crippen molar-refractivity contribution in [1.29, 1.82) is 0 Å². The predicted molar refractivity (Wildman–Crippen MR) is 93.6 cm³/mol. The molecule has 8 heteroatoms. The van der Waals surface area contributed by atoms with E-state index >= 15 is 0 Å². The Labute approximate surface area is 149 Å². The van der Waals surface area contributed by atoms with Crippen molar-refractivity contribution in [1.82, 2.24) is 25.0 Å². The van der Waals surface area contributed by atoms with Crippen LogP contribution in [-0.4, -0.2) is 43.2 Å². The second kappa shape index (κ2) is 7.89. The van der Waals surface area contributed by atoms with Gasteiger partial charge in [-0.25, -0.2) is 4.98 Å². The summed E-state index contributed by atoms with van der Waals surface area (Å²) in [4.78, 5) is 26.6. The summed E-state index contributed by atoms with van der Waals surface area (Å²) in [5.41, 5.74) is 0.818. The van der Waals surface area contributed by atoms with Gasteiger partial charge in [0.05, 0.1) is 16.8 Å². The number of rotatable bonds is 6. The van der Waals surface area contributed by atoms with Crippen LogP contribution in [0.3, 0.4) is 0 Å². The zero-order valence-corrected chi connectivity index (χ0v) is 14.7. The van der Waals surface area contributed by atoms with Gasteiger partial charge in [0.1, 0.15) is 0 Å². The Morgan fingerprint density at radius 1 is 1.24 bits per heavy atom. The molecule has 3 aromatic heterocycles. The maximum atomic E-state index is 12.5. The average molecular weight is 355 g/mol. The quantitative estimate of drug-likeness (QED) is 0.628. The first-order valence-corrected chi connectivity index (χ1v) is 8.57. The van der Waals surface area contributed by atoms with Gasteiger partial charge >= 0.3 is 0 Å². The summed E-state index contributed by atoms with van der Waals surface area (Å²) in [7, 11) is 1.72. The molecule has 0 spiro atoms. The Hall–Kier alpha value is -2.74. The lowest BCUT2D eigenvalue weighted by atomic mass is 10.2. The molecule has 128 valence electrons. The fourth-order valence-electron chi connectivity index (χ4n) is 2.18. The Kier molecular flexibility index (Phi) is 5.39. The van der Waals surface area contributed by atoms with Crippen LogP contribution in [-0.2, 0) is 11.3 Å². The molecule has 0 aliphatic rings. The number of aromatic nitrogens is 4. The van der Waals surface area contributed by atoms with Crippen LogP contribution in [0.2, 0.25) is 0 Å². The predicted octanol–water partition coefficient (Wildman–Crippen LogP) is 2.67. The van der Waals surface area contributed by atoms with E-state index in [2.05, 4.69) is 20.1 Å². The summed E-state index contributed by atoms with van der Waals surface area (Å²) in [6, 6.07) is 9.23. The Morgan fingerprint density at radius 2 is 2.04 bits per heavy atom. The molecule has 0 aliphatic heterocycles. The van der Waals surface area contributed by atoms with Gasteiger partial charge in [-0.15, -0.1) is 0 Å². The number of carbonyl (C=O) groups is 1. The van der Waals surface area contributed by atoms with Crippen LogP contribution >= 0.6 is 11.8 Å². The smallest absolute Gasteiger partial charge is 0.246 e. The molecule has 3 heterocycles. The topological polar surface area (TPSA) is 85.0 Å². The van der Waals surface area contributed by atoms with E-state index in [0.717, 1.165) is 10.6 Å². The van der Waals surface area contributed by atoms with Gasteiger partial charge in [-0.05, 0) is 31.2 Å². The van der Waals surface area contributed by atoms with Gasteiger partial charge in [0.25, 0.3) is 0 Å². The third-order valence-corrected chi connectivity index (χ3v) is 4.48. The summed E-state index contributed by atoms with van der Waals surface area (Å²) < 4.78 is 5.24. The summed E-state index contributed by atoms with van der Waals surface area (Å²) in [6.07, 6.45) is 5.04. The summed E-state index contributed by atoms with van der Waals surface area (Å²) in [5.74, 6) is 0.839. The number of carbonyl (C=O) groups excluding carboxylic acids is 1. The van der Waals surface area contributed by atoms with Crippen LogP contribution < -0.4 is 0 Å². The highest BCUT2D eigenvalue weighted by molar-refractivity contribution is 8.00. The molecular formula is C17H17N5O2S. The fourth-order valence-corrected chi connectivity index (χ4v) is 3.10. The SMILES string of the molecule is C[C@@H](Sc1ccccn1)C(=O)N(C)Cc1nc(-c2ccncc2)no1. The van der Waals surface area contributed by atoms with Gasteiger partial charge in [0.2, 0.25) is 17.6 Å². The van der Waals surface area contributed by atoms with E-state index in [9.17, 15) is 4.79 Å². The van der Waals surface area contributed by atoms with Gasteiger partial charge in [-0.2, -0.15) is 4.98 Å². The van der Waals surface area contributed by atoms with E-state index in [0.29, 0.717) is 11.7 Å². The molecule has 0 unspecified atom stereocenters. The molecule has 0 aromatic carbocycles. The van der Waals surface area contributed by atoms with Crippen LogP contribution in [0.1, 0.15) is 12.8 Å². The maximum absolute atomic E-state index is 12.5. The molecule has 0 fully saturated rings. The molecule has 1 amide bonds. The molecule has 0 aliphatic carbocycles. The number of nitrogens with zero attached hydrogens (tertiary/aromatic N) is 5. The maximum Gasteiger partial charge on any atom is 0.246 e. The molecule has 0 bridgehead atoms. The van der Waals surface area contributed by atoms with Crippen molar-refractivity contribution in [2.75, 3.05) is 7.05 Å². The van der Waals surface area contributed by atoms with Crippen molar-refractivity contribution in [2.45, 2.75) is 23.7 Å². The minimum Gasteiger partial charge on any atom is -0.337 e. The second-order valence-electron chi connectivity index (χ2n) is 5.37. The van der Waals surface area contributed by atoms with Crippen molar-refractivity contribution in [3.63, 3.8) is 0 Å². The largest absolute Gasteiger partial charge is 0.337 e. The number of pyridine rings is 2. The molecule has 3 rings (SSSR count). The Morgan fingerprint density at radius 3 is 2.76 bits per heavy atom. The lowest BCUT2D eigenvalue weighted by Gasteiger charge is -2.19. The first-order valence-electron chi connectivity index (χ1n) is 7.69. The average Bonchev–Trinajstić information content (AvgIpc) is 3.11. The molecule has 0 radical (unpaired) electrons. The highest BCUT2D eigenvalue weighted by atomic mass is 32.2. The third kappa shape index (κ3) is 4.42. The van der Waals surface area contributed by atoms with Crippen LogP contribution in [0.4, 0.5) is 0 Å². The second-order valence-corrected chi connectivity index (χ2v) is 6.73. The third-order valence-electron chi connectivity index (χ3n) is 3.44. The molecule has 7 nitrogen and oxygen atoms in total. The van der Waals surface area contributed by atoms with Crippen molar-refractivity contribution < 1.29 is 9.32 Å². The standard InChI is InChI=1S/C17H17N5O2S/c1-12(25-15-5-3-4-8-19-15)17(23)22(2)11-14-20-16(21-24-14)13-6-9-18-10-7-13/h3-10,12H,11H2,1-2H3/t12-/m1/s1. The molecule has 0 saturated carbocycles. The zero-order valence-electron chi connectivity index (χ0n) is 13.9.